The van der Waals surface area contributed by atoms with Crippen molar-refractivity contribution in [3.63, 3.8) is 0 Å². The highest BCUT2D eigenvalue weighted by atomic mass is 32.1. The lowest BCUT2D eigenvalue weighted by Crippen LogP contribution is -2.31. The molecular formula is C15H18N4OS. The maximum atomic E-state index is 10.6. The zero-order chi connectivity index (χ0) is 15.4. The third-order valence-corrected chi connectivity index (χ3v) is 4.24. The Kier molecular flexibility index (Phi) is 3.02. The topological polar surface area (TPSA) is 75.9 Å². The smallest absolute Gasteiger partial charge is 0.221 e. The largest absolute Gasteiger partial charge is 0.493 e. The minimum atomic E-state index is -0.187. The molecule has 3 rings (SSSR count). The van der Waals surface area contributed by atoms with Crippen molar-refractivity contribution in [1.29, 1.82) is 0 Å². The van der Waals surface area contributed by atoms with Crippen molar-refractivity contribution in [2.75, 3.05) is 0 Å². The Morgan fingerprint density at radius 1 is 1.48 bits per heavy atom. The van der Waals surface area contributed by atoms with Gasteiger partial charge in [0.15, 0.2) is 5.69 Å². The molecule has 0 amide bonds. The highest BCUT2D eigenvalue weighted by Gasteiger charge is 2.36. The summed E-state index contributed by atoms with van der Waals surface area (Å²) < 4.78 is 1.95. The average Bonchev–Trinajstić information content (AvgIpc) is 2.67. The molecule has 0 saturated heterocycles. The van der Waals surface area contributed by atoms with Gasteiger partial charge >= 0.3 is 0 Å². The third-order valence-electron chi connectivity index (χ3n) is 4.16. The van der Waals surface area contributed by atoms with E-state index in [0.29, 0.717) is 11.6 Å². The molecule has 0 aliphatic carbocycles. The molecule has 0 fully saturated rings. The van der Waals surface area contributed by atoms with E-state index in [1.54, 1.807) is 0 Å². The minimum absolute atomic E-state index is 0.0473. The summed E-state index contributed by atoms with van der Waals surface area (Å²) in [5.74, 6) is 0.542. The number of aromatic hydroxyl groups is 1. The van der Waals surface area contributed by atoms with Crippen LogP contribution >= 0.6 is 12.2 Å². The molecule has 0 unspecified atom stereocenters. The Hall–Kier alpha value is -1.95. The van der Waals surface area contributed by atoms with Gasteiger partial charge in [0.2, 0.25) is 11.0 Å². The van der Waals surface area contributed by atoms with Gasteiger partial charge in [-0.3, -0.25) is 0 Å². The second-order valence-corrected chi connectivity index (χ2v) is 6.63. The fourth-order valence-electron chi connectivity index (χ4n) is 3.47. The molecule has 2 heterocycles. The van der Waals surface area contributed by atoms with Crippen molar-refractivity contribution in [1.82, 2.24) is 4.57 Å². The molecule has 21 heavy (non-hydrogen) atoms. The van der Waals surface area contributed by atoms with E-state index in [-0.39, 0.29) is 16.5 Å². The number of benzene rings is 1. The van der Waals surface area contributed by atoms with Gasteiger partial charge in [-0.05, 0) is 44.0 Å². The lowest BCUT2D eigenvalue weighted by atomic mass is 9.82. The van der Waals surface area contributed by atoms with Crippen LogP contribution < -0.4 is 5.73 Å². The highest BCUT2D eigenvalue weighted by molar-refractivity contribution is 7.80. The highest BCUT2D eigenvalue weighted by Crippen LogP contribution is 2.50. The molecule has 1 aromatic heterocycles. The summed E-state index contributed by atoms with van der Waals surface area (Å²) in [6, 6.07) is 6.03. The maximum Gasteiger partial charge on any atom is 0.221 e. The standard InChI is InChI=1S/C15H18N4OS/c1-8-7-15(2,3)19-12-9(8)5-4-6-10(12)11(13(19)20)17-18-14(16)21/h4-6,8,20H,7H2,1-3H3,(H2,16,21)/t8-/m0/s1. The van der Waals surface area contributed by atoms with Crippen LogP contribution in [0.25, 0.3) is 10.9 Å². The summed E-state index contributed by atoms with van der Waals surface area (Å²) in [6.45, 7) is 6.44. The van der Waals surface area contributed by atoms with Crippen molar-refractivity contribution in [2.24, 2.45) is 16.0 Å². The van der Waals surface area contributed by atoms with Crippen LogP contribution in [0.15, 0.2) is 28.4 Å². The maximum absolute atomic E-state index is 10.6. The van der Waals surface area contributed by atoms with Crippen LogP contribution in [0.4, 0.5) is 5.69 Å². The van der Waals surface area contributed by atoms with Crippen LogP contribution in [0.1, 0.15) is 38.7 Å². The molecule has 1 aliphatic rings. The number of rotatable bonds is 1. The molecule has 3 N–H and O–H groups in total. The molecule has 0 radical (unpaired) electrons. The van der Waals surface area contributed by atoms with Gasteiger partial charge in [0.1, 0.15) is 0 Å². The summed E-state index contributed by atoms with van der Waals surface area (Å²) in [6.07, 6.45) is 0.952. The van der Waals surface area contributed by atoms with Crippen LogP contribution in [0.2, 0.25) is 0 Å². The summed E-state index contributed by atoms with van der Waals surface area (Å²) in [4.78, 5) is 0. The number of nitrogens with two attached hydrogens (primary N) is 1. The van der Waals surface area contributed by atoms with Gasteiger partial charge in [0.05, 0.1) is 5.52 Å². The van der Waals surface area contributed by atoms with Gasteiger partial charge in [0, 0.05) is 10.9 Å². The van der Waals surface area contributed by atoms with Crippen molar-refractivity contribution in [3.8, 4) is 5.88 Å². The molecule has 0 saturated carbocycles. The minimum Gasteiger partial charge on any atom is -0.493 e. The Morgan fingerprint density at radius 3 is 2.86 bits per heavy atom. The first kappa shape index (κ1) is 14.0. The number of azo groups is 1. The average molecular weight is 302 g/mol. The van der Waals surface area contributed by atoms with Gasteiger partial charge in [-0.2, -0.15) is 0 Å². The van der Waals surface area contributed by atoms with Crippen molar-refractivity contribution in [2.45, 2.75) is 38.6 Å². The van der Waals surface area contributed by atoms with E-state index in [2.05, 4.69) is 37.1 Å². The molecule has 110 valence electrons. The third kappa shape index (κ3) is 2.01. The quantitative estimate of drug-likeness (QED) is 0.619. The molecule has 1 aromatic carbocycles. The first-order chi connectivity index (χ1) is 9.83. The van der Waals surface area contributed by atoms with E-state index in [9.17, 15) is 5.11 Å². The Balaban J connectivity index is 2.40. The van der Waals surface area contributed by atoms with E-state index in [1.165, 1.54) is 5.56 Å². The monoisotopic (exact) mass is 302 g/mol. The number of thiocarbonyl (C=S) groups is 1. The number of hydrogen-bond donors (Lipinski definition) is 2. The molecular weight excluding hydrogens is 284 g/mol. The first-order valence-corrected chi connectivity index (χ1v) is 7.31. The summed E-state index contributed by atoms with van der Waals surface area (Å²) >= 11 is 4.73. The fraction of sp³-hybridized carbons (Fsp3) is 0.400. The first-order valence-electron chi connectivity index (χ1n) is 6.91. The Labute approximate surface area is 128 Å². The van der Waals surface area contributed by atoms with E-state index in [1.807, 2.05) is 16.7 Å². The van der Waals surface area contributed by atoms with Crippen LogP contribution in [0.3, 0.4) is 0 Å². The predicted molar refractivity (Wildman–Crippen MR) is 87.3 cm³/mol. The molecule has 6 heteroatoms. The molecule has 2 aromatic rings. The molecule has 5 nitrogen and oxygen atoms in total. The van der Waals surface area contributed by atoms with Gasteiger partial charge in [-0.15, -0.1) is 10.2 Å². The van der Waals surface area contributed by atoms with Crippen molar-refractivity contribution < 1.29 is 5.11 Å². The van der Waals surface area contributed by atoms with Crippen molar-refractivity contribution >= 4 is 33.9 Å². The van der Waals surface area contributed by atoms with E-state index in [4.69, 9.17) is 18.0 Å². The number of aromatic nitrogens is 1. The van der Waals surface area contributed by atoms with Crippen LogP contribution in [-0.2, 0) is 5.54 Å². The predicted octanol–water partition coefficient (Wildman–Crippen LogP) is 3.92. The zero-order valence-corrected chi connectivity index (χ0v) is 13.1. The van der Waals surface area contributed by atoms with Crippen LogP contribution in [0, 0.1) is 0 Å². The lowest BCUT2D eigenvalue weighted by molar-refractivity contribution is 0.267. The number of hydrogen-bond acceptors (Lipinski definition) is 3. The normalized spacial score (nSPS) is 20.2. The second kappa shape index (κ2) is 4.53. The van der Waals surface area contributed by atoms with Crippen molar-refractivity contribution in [3.05, 3.63) is 23.8 Å². The fourth-order valence-corrected chi connectivity index (χ4v) is 3.51. The molecule has 1 atom stereocenters. The summed E-state index contributed by atoms with van der Waals surface area (Å²) in [7, 11) is 0. The van der Waals surface area contributed by atoms with Gasteiger partial charge in [-0.1, -0.05) is 25.1 Å². The lowest BCUT2D eigenvalue weighted by Gasteiger charge is -2.36. The molecule has 0 spiro atoms. The van der Waals surface area contributed by atoms with Gasteiger partial charge in [0.25, 0.3) is 0 Å². The zero-order valence-electron chi connectivity index (χ0n) is 12.3. The second-order valence-electron chi connectivity index (χ2n) is 6.21. The number of para-hydroxylation sites is 1. The Morgan fingerprint density at radius 2 is 2.19 bits per heavy atom. The van der Waals surface area contributed by atoms with Gasteiger partial charge < -0.3 is 15.4 Å². The molecule has 0 bridgehead atoms. The van der Waals surface area contributed by atoms with E-state index >= 15 is 0 Å². The summed E-state index contributed by atoms with van der Waals surface area (Å²) in [5.41, 5.74) is 7.86. The summed E-state index contributed by atoms with van der Waals surface area (Å²) in [5, 5.41) is 19.2. The number of nitrogens with zero attached hydrogens (tertiary/aromatic N) is 3. The molecule has 1 aliphatic heterocycles. The van der Waals surface area contributed by atoms with E-state index in [0.717, 1.165) is 17.3 Å². The SMILES string of the molecule is C[C@H]1CC(C)(C)n2c(O)c(N=NC(N)=S)c3cccc1c32. The van der Waals surface area contributed by atoms with Gasteiger partial charge in [-0.25, -0.2) is 0 Å². The van der Waals surface area contributed by atoms with E-state index < -0.39 is 0 Å². The Bertz CT molecular complexity index is 776. The van der Waals surface area contributed by atoms with Crippen LogP contribution in [0.5, 0.6) is 5.88 Å². The van der Waals surface area contributed by atoms with Crippen LogP contribution in [-0.4, -0.2) is 14.8 Å².